The average molecular weight is 439 g/mol. The Kier molecular flexibility index (Phi) is 6.20. The number of pyridine rings is 1. The molecule has 0 saturated heterocycles. The first-order chi connectivity index (χ1) is 15.4. The lowest BCUT2D eigenvalue weighted by atomic mass is 10.1. The number of rotatable bonds is 7. The number of oxazole rings is 1. The van der Waals surface area contributed by atoms with Crippen molar-refractivity contribution in [2.75, 3.05) is 0 Å². The van der Waals surface area contributed by atoms with Crippen molar-refractivity contribution in [3.63, 3.8) is 0 Å². The summed E-state index contributed by atoms with van der Waals surface area (Å²) in [5, 5.41) is 2.05. The van der Waals surface area contributed by atoms with Gasteiger partial charge in [0, 0.05) is 29.9 Å². The molecule has 2 heterocycles. The zero-order chi connectivity index (χ0) is 22.6. The van der Waals surface area contributed by atoms with E-state index in [-0.39, 0.29) is 11.1 Å². The van der Waals surface area contributed by atoms with Gasteiger partial charge in [0.15, 0.2) is 17.5 Å². The molecule has 1 atom stereocenters. The molecule has 1 N–H and O–H groups in total. The fourth-order valence-corrected chi connectivity index (χ4v) is 3.43. The molecule has 1 unspecified atom stereocenters. The molecule has 0 bridgehead atoms. The van der Waals surface area contributed by atoms with Gasteiger partial charge in [0.05, 0.1) is 0 Å². The van der Waals surface area contributed by atoms with Crippen LogP contribution in [0.15, 0.2) is 77.5 Å². The molecule has 164 valence electrons. The number of alkyl halides is 3. The highest BCUT2D eigenvalue weighted by Gasteiger charge is 2.42. The van der Waals surface area contributed by atoms with Crippen molar-refractivity contribution in [1.82, 2.24) is 15.3 Å². The summed E-state index contributed by atoms with van der Waals surface area (Å²) in [5.41, 5.74) is 2.06. The molecule has 0 aliphatic heterocycles. The molecular weight excluding hydrogens is 419 g/mol. The normalized spacial score (nSPS) is 12.6. The van der Waals surface area contributed by atoms with Crippen molar-refractivity contribution in [1.29, 1.82) is 0 Å². The van der Waals surface area contributed by atoms with Crippen LogP contribution >= 0.6 is 0 Å². The van der Waals surface area contributed by atoms with Crippen LogP contribution < -0.4 is 5.32 Å². The molecule has 0 aliphatic carbocycles. The predicted octanol–water partition coefficient (Wildman–Crippen LogP) is 5.43. The highest BCUT2D eigenvalue weighted by molar-refractivity contribution is 5.97. The van der Waals surface area contributed by atoms with Crippen molar-refractivity contribution >= 4 is 17.0 Å². The number of halogens is 3. The summed E-state index contributed by atoms with van der Waals surface area (Å²) in [6, 6.07) is 14.9. The van der Waals surface area contributed by atoms with Crippen LogP contribution in [0, 0.1) is 0 Å². The summed E-state index contributed by atoms with van der Waals surface area (Å²) in [5.74, 6) is -0.330. The van der Waals surface area contributed by atoms with Crippen molar-refractivity contribution < 1.29 is 22.4 Å². The number of amides is 1. The first-order valence-corrected chi connectivity index (χ1v) is 10.1. The highest BCUT2D eigenvalue weighted by Crippen LogP contribution is 2.32. The quantitative estimate of drug-likeness (QED) is 0.417. The minimum atomic E-state index is -4.66. The van der Waals surface area contributed by atoms with Crippen LogP contribution in [-0.4, -0.2) is 22.1 Å². The van der Waals surface area contributed by atoms with E-state index in [9.17, 15) is 18.0 Å². The Labute approximate surface area is 182 Å². The fourth-order valence-electron chi connectivity index (χ4n) is 3.43. The standard InChI is InChI=1S/C24H20F3N3O2/c25-24(26,27)22(18-9-5-13-28-15-18)30-23(31)17-11-12-20-19(14-17)29-21(32-20)10-4-8-16-6-2-1-3-7-16/h1-3,5-7,9,11-15,22H,4,8,10H2,(H,30,31). The van der Waals surface area contributed by atoms with Crippen LogP contribution in [0.5, 0.6) is 0 Å². The van der Waals surface area contributed by atoms with Gasteiger partial charge in [0.1, 0.15) is 5.52 Å². The second-order valence-corrected chi connectivity index (χ2v) is 7.36. The molecule has 2 aromatic carbocycles. The summed E-state index contributed by atoms with van der Waals surface area (Å²) in [6.07, 6.45) is 0.115. The number of hydrogen-bond donors (Lipinski definition) is 1. The molecule has 5 nitrogen and oxygen atoms in total. The van der Waals surface area contributed by atoms with Gasteiger partial charge >= 0.3 is 6.18 Å². The van der Waals surface area contributed by atoms with E-state index in [1.807, 2.05) is 18.2 Å². The van der Waals surface area contributed by atoms with Gasteiger partial charge in [-0.15, -0.1) is 0 Å². The van der Waals surface area contributed by atoms with Crippen molar-refractivity contribution in [2.45, 2.75) is 31.5 Å². The molecule has 2 aromatic heterocycles. The number of hydrogen-bond acceptors (Lipinski definition) is 4. The van der Waals surface area contributed by atoms with Crippen molar-refractivity contribution in [3.05, 3.63) is 95.6 Å². The number of fused-ring (bicyclic) bond motifs is 1. The molecule has 4 aromatic rings. The van der Waals surface area contributed by atoms with Crippen LogP contribution in [0.3, 0.4) is 0 Å². The van der Waals surface area contributed by atoms with Gasteiger partial charge in [-0.25, -0.2) is 4.98 Å². The average Bonchev–Trinajstić information content (AvgIpc) is 3.20. The second-order valence-electron chi connectivity index (χ2n) is 7.36. The van der Waals surface area contributed by atoms with Gasteiger partial charge in [-0.05, 0) is 42.7 Å². The molecule has 0 aliphatic rings. The first kappa shape index (κ1) is 21.5. The van der Waals surface area contributed by atoms with Gasteiger partial charge in [-0.1, -0.05) is 36.4 Å². The van der Waals surface area contributed by atoms with Crippen LogP contribution in [0.2, 0.25) is 0 Å². The van der Waals surface area contributed by atoms with E-state index in [0.29, 0.717) is 23.4 Å². The molecule has 32 heavy (non-hydrogen) atoms. The van der Waals surface area contributed by atoms with E-state index in [1.54, 1.807) is 6.07 Å². The zero-order valence-corrected chi connectivity index (χ0v) is 17.0. The molecule has 0 fully saturated rings. The molecular formula is C24H20F3N3O2. The summed E-state index contributed by atoms with van der Waals surface area (Å²) < 4.78 is 46.2. The zero-order valence-electron chi connectivity index (χ0n) is 17.0. The smallest absolute Gasteiger partial charge is 0.412 e. The van der Waals surface area contributed by atoms with Crippen molar-refractivity contribution in [2.24, 2.45) is 0 Å². The van der Waals surface area contributed by atoms with Gasteiger partial charge < -0.3 is 9.73 Å². The Bertz CT molecular complexity index is 1190. The van der Waals surface area contributed by atoms with Crippen LogP contribution in [0.4, 0.5) is 13.2 Å². The minimum absolute atomic E-state index is 0.0692. The SMILES string of the molecule is O=C(NC(c1cccnc1)C(F)(F)F)c1ccc2oc(CCCc3ccccc3)nc2c1. The predicted molar refractivity (Wildman–Crippen MR) is 113 cm³/mol. The molecule has 0 spiro atoms. The molecule has 0 saturated carbocycles. The van der Waals surface area contributed by atoms with Crippen molar-refractivity contribution in [3.8, 4) is 0 Å². The third-order valence-corrected chi connectivity index (χ3v) is 5.01. The van der Waals surface area contributed by atoms with E-state index < -0.39 is 18.1 Å². The number of aryl methyl sites for hydroxylation is 2. The lowest BCUT2D eigenvalue weighted by Gasteiger charge is -2.21. The minimum Gasteiger partial charge on any atom is -0.441 e. The third kappa shape index (κ3) is 5.14. The Morgan fingerprint density at radius 2 is 1.84 bits per heavy atom. The van der Waals surface area contributed by atoms with E-state index in [0.717, 1.165) is 19.0 Å². The fraction of sp³-hybridized carbons (Fsp3) is 0.208. The summed E-state index contributed by atoms with van der Waals surface area (Å²) in [6.45, 7) is 0. The second kappa shape index (κ2) is 9.21. The number of carbonyl (C=O) groups is 1. The largest absolute Gasteiger partial charge is 0.441 e. The Morgan fingerprint density at radius 1 is 1.03 bits per heavy atom. The van der Waals surface area contributed by atoms with E-state index in [1.165, 1.54) is 36.0 Å². The highest BCUT2D eigenvalue weighted by atomic mass is 19.4. The first-order valence-electron chi connectivity index (χ1n) is 10.1. The number of benzene rings is 2. The summed E-state index contributed by atoms with van der Waals surface area (Å²) in [4.78, 5) is 20.7. The summed E-state index contributed by atoms with van der Waals surface area (Å²) >= 11 is 0. The van der Waals surface area contributed by atoms with E-state index in [2.05, 4.69) is 27.4 Å². The van der Waals surface area contributed by atoms with Crippen LogP contribution in [-0.2, 0) is 12.8 Å². The Balaban J connectivity index is 1.46. The summed E-state index contributed by atoms with van der Waals surface area (Å²) in [7, 11) is 0. The Hall–Kier alpha value is -3.68. The molecule has 8 heteroatoms. The number of nitrogens with zero attached hydrogens (tertiary/aromatic N) is 2. The lowest BCUT2D eigenvalue weighted by Crippen LogP contribution is -2.38. The number of nitrogens with one attached hydrogen (secondary N) is 1. The maximum absolute atomic E-state index is 13.5. The van der Waals surface area contributed by atoms with Gasteiger partial charge in [-0.2, -0.15) is 13.2 Å². The van der Waals surface area contributed by atoms with Gasteiger partial charge in [-0.3, -0.25) is 9.78 Å². The number of carbonyl (C=O) groups excluding carboxylic acids is 1. The van der Waals surface area contributed by atoms with E-state index in [4.69, 9.17) is 4.42 Å². The van der Waals surface area contributed by atoms with Gasteiger partial charge in [0.25, 0.3) is 5.91 Å². The lowest BCUT2D eigenvalue weighted by molar-refractivity contribution is -0.155. The molecule has 1 amide bonds. The van der Waals surface area contributed by atoms with Crippen LogP contribution in [0.1, 0.15) is 39.8 Å². The topological polar surface area (TPSA) is 68.0 Å². The van der Waals surface area contributed by atoms with E-state index >= 15 is 0 Å². The monoisotopic (exact) mass is 439 g/mol. The third-order valence-electron chi connectivity index (χ3n) is 5.01. The molecule has 4 rings (SSSR count). The van der Waals surface area contributed by atoms with Crippen LogP contribution in [0.25, 0.3) is 11.1 Å². The molecule has 0 radical (unpaired) electrons. The maximum Gasteiger partial charge on any atom is 0.412 e. The number of aromatic nitrogens is 2. The Morgan fingerprint density at radius 3 is 2.56 bits per heavy atom. The van der Waals surface area contributed by atoms with Gasteiger partial charge in [0.2, 0.25) is 0 Å². The maximum atomic E-state index is 13.5.